The van der Waals surface area contributed by atoms with E-state index in [0.717, 1.165) is 0 Å². The number of esters is 1. The van der Waals surface area contributed by atoms with Crippen LogP contribution in [0.1, 0.15) is 0 Å². The zero-order valence-electron chi connectivity index (χ0n) is 4.63. The maximum atomic E-state index is 10.4. The molecule has 0 radical (unpaired) electrons. The monoisotopic (exact) mass is 183 g/mol. The second-order valence-corrected chi connectivity index (χ2v) is 2.08. The van der Waals surface area contributed by atoms with E-state index in [1.165, 1.54) is 7.11 Å². The van der Waals surface area contributed by atoms with Crippen molar-refractivity contribution >= 4 is 22.0 Å². The first-order valence-corrected chi connectivity index (χ1v) is 3.49. The normalized spacial score (nSPS) is 12.9. The number of nitrogens with two attached hydrogens (primary N) is 1. The Morgan fingerprint density at radius 2 is 2.50 bits per heavy atom. The van der Waals surface area contributed by atoms with Gasteiger partial charge in [0.15, 0.2) is 0 Å². The molecule has 8 heavy (non-hydrogen) atoms. The Hall–Kier alpha value is -0.0505. The summed E-state index contributed by atoms with van der Waals surface area (Å²) in [7, 11) is 1.32. The van der Waals surface area contributed by atoms with Gasteiger partial charge in [0, 0.05) is 0 Å². The second kappa shape index (κ2) is 3.89. The van der Waals surface area contributed by atoms with Crippen LogP contribution in [-0.4, -0.2) is 35.1 Å². The molecule has 48 valence electrons. The number of ether oxygens (including phenoxy) is 1. The molecule has 0 aliphatic heterocycles. The van der Waals surface area contributed by atoms with Crippen LogP contribution in [0.4, 0.5) is 0 Å². The maximum absolute atomic E-state index is 10.4. The van der Waals surface area contributed by atoms with E-state index in [2.05, 4.69) is 20.7 Å². The molecule has 4 heteroatoms. The molecule has 0 heterocycles. The fourth-order valence-corrected chi connectivity index (χ4v) is 0.539. The van der Waals surface area contributed by atoms with E-state index in [4.69, 9.17) is 5.73 Å². The van der Waals surface area contributed by atoms with Gasteiger partial charge in [-0.05, 0) is 0 Å². The molecule has 0 fully saturated rings. The summed E-state index contributed by atoms with van der Waals surface area (Å²) >= 11 is 2.23. The van der Waals surface area contributed by atoms with Gasteiger partial charge in [-0.2, -0.15) is 0 Å². The summed E-state index contributed by atoms with van der Waals surface area (Å²) in [5.41, 5.74) is 5.24. The molecule has 0 saturated heterocycles. The fraction of sp³-hybridized carbons (Fsp3) is 0.750. The van der Waals surface area contributed by atoms with E-state index in [1.807, 2.05) is 0 Å². The summed E-state index contributed by atoms with van der Waals surface area (Å²) in [6.45, 7) is 0. The Bertz CT molecular complexity index is 86.1. The molecule has 0 bridgehead atoms. The van der Waals surface area contributed by atoms with Crippen molar-refractivity contribution in [1.29, 1.82) is 0 Å². The summed E-state index contributed by atoms with van der Waals surface area (Å²) in [4.78, 5) is 10.4. The van der Waals surface area contributed by atoms with Gasteiger partial charge < -0.3 is 0 Å². The molecular formula is C4H9NO2Se. The van der Waals surface area contributed by atoms with Crippen LogP contribution in [0.25, 0.3) is 0 Å². The van der Waals surface area contributed by atoms with Gasteiger partial charge in [-0.1, -0.05) is 0 Å². The Kier molecular flexibility index (Phi) is 3.87. The van der Waals surface area contributed by atoms with Gasteiger partial charge in [0.2, 0.25) is 0 Å². The molecule has 0 spiro atoms. The van der Waals surface area contributed by atoms with E-state index in [0.29, 0.717) is 5.32 Å². The number of hydrogen-bond acceptors (Lipinski definition) is 3. The van der Waals surface area contributed by atoms with Crippen LogP contribution in [0.3, 0.4) is 0 Å². The number of rotatable bonds is 2. The summed E-state index contributed by atoms with van der Waals surface area (Å²) in [6.07, 6.45) is 0. The van der Waals surface area contributed by atoms with Gasteiger partial charge in [-0.15, -0.1) is 0 Å². The molecule has 2 N–H and O–H groups in total. The molecule has 1 atom stereocenters. The Morgan fingerprint density at radius 3 is 2.62 bits per heavy atom. The molecule has 0 aromatic carbocycles. The van der Waals surface area contributed by atoms with Crippen LogP contribution in [0, 0.1) is 0 Å². The van der Waals surface area contributed by atoms with Gasteiger partial charge in [0.25, 0.3) is 0 Å². The predicted octanol–water partition coefficient (Wildman–Crippen LogP) is -1.19. The van der Waals surface area contributed by atoms with Crippen LogP contribution < -0.4 is 5.73 Å². The van der Waals surface area contributed by atoms with Crippen LogP contribution >= 0.6 is 0 Å². The van der Waals surface area contributed by atoms with Crippen molar-refractivity contribution in [1.82, 2.24) is 0 Å². The van der Waals surface area contributed by atoms with Crippen molar-refractivity contribution in [3.8, 4) is 0 Å². The fourth-order valence-electron chi connectivity index (χ4n) is 0.226. The van der Waals surface area contributed by atoms with Crippen LogP contribution in [0.2, 0.25) is 5.32 Å². The summed E-state index contributed by atoms with van der Waals surface area (Å²) in [5.74, 6) is -0.356. The number of carbonyl (C=O) groups excluding carboxylic acids is 1. The first kappa shape index (κ1) is 7.95. The van der Waals surface area contributed by atoms with Crippen LogP contribution in [-0.2, 0) is 9.53 Å². The van der Waals surface area contributed by atoms with Crippen LogP contribution in [0.15, 0.2) is 0 Å². The number of carbonyl (C=O) groups is 1. The van der Waals surface area contributed by atoms with Gasteiger partial charge in [-0.25, -0.2) is 0 Å². The zero-order valence-corrected chi connectivity index (χ0v) is 6.50. The number of hydrogen-bond donors (Lipinski definition) is 1. The average Bonchev–Trinajstić information content (AvgIpc) is 1.84. The van der Waals surface area contributed by atoms with Gasteiger partial charge in [-0.3, -0.25) is 0 Å². The molecule has 0 aliphatic carbocycles. The van der Waals surface area contributed by atoms with E-state index in [-0.39, 0.29) is 5.97 Å². The quantitative estimate of drug-likeness (QED) is 0.431. The Morgan fingerprint density at radius 1 is 2.00 bits per heavy atom. The summed E-state index contributed by atoms with van der Waals surface area (Å²) in [5, 5.41) is 0.569. The molecule has 0 saturated carbocycles. The van der Waals surface area contributed by atoms with Crippen molar-refractivity contribution in [2.24, 2.45) is 5.73 Å². The third-order valence-corrected chi connectivity index (χ3v) is 1.53. The summed E-state index contributed by atoms with van der Waals surface area (Å²) < 4.78 is 4.33. The van der Waals surface area contributed by atoms with E-state index in [9.17, 15) is 4.79 Å². The molecule has 0 aliphatic rings. The first-order chi connectivity index (χ1) is 3.72. The van der Waals surface area contributed by atoms with Gasteiger partial charge in [0.1, 0.15) is 0 Å². The van der Waals surface area contributed by atoms with Gasteiger partial charge >= 0.3 is 55.7 Å². The standard InChI is InChI=1S/C4H9NO2Se/c1-7-4(6)3(5)2-8/h3,8H,2,5H2,1H3/t3-/m0/s1. The van der Waals surface area contributed by atoms with E-state index in [1.54, 1.807) is 0 Å². The average molecular weight is 182 g/mol. The van der Waals surface area contributed by atoms with Crippen molar-refractivity contribution in [2.45, 2.75) is 11.4 Å². The Labute approximate surface area is 56.4 Å². The minimum absolute atomic E-state index is 0.356. The zero-order chi connectivity index (χ0) is 6.57. The number of methoxy groups -OCH3 is 1. The van der Waals surface area contributed by atoms with Crippen molar-refractivity contribution in [3.05, 3.63) is 0 Å². The molecular weight excluding hydrogens is 173 g/mol. The molecule has 0 aromatic rings. The van der Waals surface area contributed by atoms with E-state index >= 15 is 0 Å². The third kappa shape index (κ3) is 2.31. The topological polar surface area (TPSA) is 52.3 Å². The molecule has 0 amide bonds. The third-order valence-electron chi connectivity index (χ3n) is 0.701. The first-order valence-electron chi connectivity index (χ1n) is 2.16. The molecule has 3 nitrogen and oxygen atoms in total. The molecule has 0 aromatic heterocycles. The van der Waals surface area contributed by atoms with Crippen molar-refractivity contribution in [2.75, 3.05) is 7.11 Å². The van der Waals surface area contributed by atoms with Gasteiger partial charge in [0.05, 0.1) is 0 Å². The predicted molar refractivity (Wildman–Crippen MR) is 31.9 cm³/mol. The SMILES string of the molecule is COC(=O)[C@@H](N)C[SeH]. The second-order valence-electron chi connectivity index (χ2n) is 1.31. The summed E-state index contributed by atoms with van der Waals surface area (Å²) in [6, 6.07) is -0.472. The van der Waals surface area contributed by atoms with Crippen LogP contribution in [0.5, 0.6) is 0 Å². The van der Waals surface area contributed by atoms with Crippen molar-refractivity contribution < 1.29 is 9.53 Å². The minimum atomic E-state index is -0.472. The van der Waals surface area contributed by atoms with E-state index < -0.39 is 6.04 Å². The Balaban J connectivity index is 3.46. The molecule has 0 unspecified atom stereocenters. The molecule has 0 rings (SSSR count). The van der Waals surface area contributed by atoms with Crippen molar-refractivity contribution in [3.63, 3.8) is 0 Å².